The number of aromatic nitrogens is 1. The Labute approximate surface area is 167 Å². The van der Waals surface area contributed by atoms with Crippen LogP contribution >= 0.6 is 0 Å². The van der Waals surface area contributed by atoms with Crippen LogP contribution in [0.4, 0.5) is 0 Å². The Morgan fingerprint density at radius 3 is 2.75 bits per heavy atom. The summed E-state index contributed by atoms with van der Waals surface area (Å²) in [4.78, 5) is 30.6. The summed E-state index contributed by atoms with van der Waals surface area (Å²) in [5.74, 6) is -0.751. The zero-order chi connectivity index (χ0) is 20.3. The lowest BCUT2D eigenvalue weighted by Crippen LogP contribution is -2.39. The Balaban J connectivity index is 1.99. The summed E-state index contributed by atoms with van der Waals surface area (Å²) < 4.78 is 5.56. The number of allylic oxidation sites excluding steroid dienone is 3. The Morgan fingerprint density at radius 1 is 1.29 bits per heavy atom. The van der Waals surface area contributed by atoms with Gasteiger partial charge in [-0.2, -0.15) is 0 Å². The van der Waals surface area contributed by atoms with Gasteiger partial charge in [-0.25, -0.2) is 4.79 Å². The number of ketones is 1. The molecule has 0 amide bonds. The molecule has 1 aliphatic carbocycles. The molecular formula is C23H30N2O3. The maximum atomic E-state index is 13.1. The van der Waals surface area contributed by atoms with Crippen molar-refractivity contribution in [2.45, 2.75) is 65.7 Å². The summed E-state index contributed by atoms with van der Waals surface area (Å²) >= 11 is 0. The average molecular weight is 383 g/mol. The number of carbonyl (C=O) groups excluding carboxylic acids is 2. The molecular weight excluding hydrogens is 352 g/mol. The molecule has 0 spiro atoms. The minimum absolute atomic E-state index is 0.0817. The van der Waals surface area contributed by atoms with Crippen molar-refractivity contribution >= 4 is 11.8 Å². The van der Waals surface area contributed by atoms with Gasteiger partial charge in [0.1, 0.15) is 0 Å². The Kier molecular flexibility index (Phi) is 6.01. The topological polar surface area (TPSA) is 68.3 Å². The highest BCUT2D eigenvalue weighted by molar-refractivity contribution is 6.04. The van der Waals surface area contributed by atoms with Crippen molar-refractivity contribution in [3.8, 4) is 0 Å². The maximum absolute atomic E-state index is 13.1. The van der Waals surface area contributed by atoms with Crippen molar-refractivity contribution in [2.24, 2.45) is 5.41 Å². The van der Waals surface area contributed by atoms with Gasteiger partial charge in [-0.3, -0.25) is 9.78 Å². The Hall–Kier alpha value is -2.43. The molecule has 5 nitrogen and oxygen atoms in total. The fourth-order valence-corrected chi connectivity index (χ4v) is 4.14. The molecule has 1 aromatic heterocycles. The van der Waals surface area contributed by atoms with E-state index in [0.717, 1.165) is 37.1 Å². The summed E-state index contributed by atoms with van der Waals surface area (Å²) in [6.45, 7) is 8.59. The molecule has 2 aliphatic rings. The average Bonchev–Trinajstić information content (AvgIpc) is 2.63. The molecule has 0 aromatic carbocycles. The largest absolute Gasteiger partial charge is 0.462 e. The smallest absolute Gasteiger partial charge is 0.336 e. The number of hydrogen-bond donors (Lipinski definition) is 1. The number of dihydropyridines is 1. The molecule has 0 saturated heterocycles. The summed E-state index contributed by atoms with van der Waals surface area (Å²) in [7, 11) is 0. The van der Waals surface area contributed by atoms with Crippen LogP contribution in [0.2, 0.25) is 0 Å². The molecule has 2 heterocycles. The van der Waals surface area contributed by atoms with Gasteiger partial charge in [0.2, 0.25) is 0 Å². The lowest BCUT2D eigenvalue weighted by molar-refractivity contribution is -0.139. The van der Waals surface area contributed by atoms with E-state index in [9.17, 15) is 9.59 Å². The zero-order valence-electron chi connectivity index (χ0n) is 17.3. The first kappa shape index (κ1) is 20.3. The molecule has 0 radical (unpaired) electrons. The predicted molar refractivity (Wildman–Crippen MR) is 108 cm³/mol. The van der Waals surface area contributed by atoms with Crippen LogP contribution in [-0.4, -0.2) is 23.3 Å². The summed E-state index contributed by atoms with van der Waals surface area (Å²) in [6.07, 6.45) is 5.88. The van der Waals surface area contributed by atoms with Crippen molar-refractivity contribution in [2.75, 3.05) is 6.61 Å². The number of unbranched alkanes of at least 4 members (excludes halogenated alkanes) is 2. The number of rotatable bonds is 6. The standard InChI is InChI=1S/C23H30N2O3/c1-5-6-9-12-28-22(27)19-15(2)25-17-13-23(3,4)14-18(26)20(17)21(19)16-10-7-8-11-24-16/h7-8,10-11,21,25H,5-6,9,12-14H2,1-4H3/t21-/m1/s1. The predicted octanol–water partition coefficient (Wildman–Crippen LogP) is 4.42. The van der Waals surface area contributed by atoms with Gasteiger partial charge in [0, 0.05) is 29.6 Å². The zero-order valence-corrected chi connectivity index (χ0v) is 17.3. The third-order valence-electron chi connectivity index (χ3n) is 5.42. The molecule has 3 rings (SSSR count). The minimum atomic E-state index is -0.472. The molecule has 5 heteroatoms. The van der Waals surface area contributed by atoms with E-state index in [4.69, 9.17) is 4.74 Å². The van der Waals surface area contributed by atoms with E-state index < -0.39 is 5.92 Å². The van der Waals surface area contributed by atoms with Crippen LogP contribution in [0.5, 0.6) is 0 Å². The van der Waals surface area contributed by atoms with E-state index in [1.165, 1.54) is 0 Å². The molecule has 1 aromatic rings. The summed E-state index contributed by atoms with van der Waals surface area (Å²) in [6, 6.07) is 5.61. The molecule has 0 unspecified atom stereocenters. The maximum Gasteiger partial charge on any atom is 0.336 e. The van der Waals surface area contributed by atoms with Crippen LogP contribution in [0.1, 0.15) is 71.4 Å². The first-order chi connectivity index (χ1) is 13.3. The first-order valence-corrected chi connectivity index (χ1v) is 10.2. The number of hydrogen-bond acceptors (Lipinski definition) is 5. The van der Waals surface area contributed by atoms with Gasteiger partial charge in [-0.1, -0.05) is 39.7 Å². The van der Waals surface area contributed by atoms with Crippen molar-refractivity contribution < 1.29 is 14.3 Å². The molecule has 0 saturated carbocycles. The van der Waals surface area contributed by atoms with Crippen LogP contribution < -0.4 is 5.32 Å². The third kappa shape index (κ3) is 4.18. The fraction of sp³-hybridized carbons (Fsp3) is 0.522. The molecule has 1 atom stereocenters. The van der Waals surface area contributed by atoms with Crippen LogP contribution in [0.3, 0.4) is 0 Å². The van der Waals surface area contributed by atoms with E-state index in [1.807, 2.05) is 25.1 Å². The number of nitrogens with one attached hydrogen (secondary N) is 1. The van der Waals surface area contributed by atoms with Gasteiger partial charge < -0.3 is 10.1 Å². The molecule has 0 fully saturated rings. The van der Waals surface area contributed by atoms with Gasteiger partial charge in [0.05, 0.1) is 23.8 Å². The summed E-state index contributed by atoms with van der Waals surface area (Å²) in [5, 5.41) is 3.35. The lowest BCUT2D eigenvalue weighted by atomic mass is 9.69. The Morgan fingerprint density at radius 2 is 2.07 bits per heavy atom. The quantitative estimate of drug-likeness (QED) is 0.583. The number of Topliss-reactive ketones (excluding diaryl/α,β-unsaturated/α-hetero) is 1. The van der Waals surface area contributed by atoms with Gasteiger partial charge in [0.15, 0.2) is 5.78 Å². The number of pyridine rings is 1. The highest BCUT2D eigenvalue weighted by atomic mass is 16.5. The molecule has 1 aliphatic heterocycles. The number of carbonyl (C=O) groups is 2. The van der Waals surface area contributed by atoms with Gasteiger partial charge >= 0.3 is 5.97 Å². The van der Waals surface area contributed by atoms with Crippen LogP contribution in [0.15, 0.2) is 46.9 Å². The molecule has 150 valence electrons. The van der Waals surface area contributed by atoms with Gasteiger partial charge in [-0.05, 0) is 37.3 Å². The highest BCUT2D eigenvalue weighted by Crippen LogP contribution is 2.46. The Bertz CT molecular complexity index is 822. The highest BCUT2D eigenvalue weighted by Gasteiger charge is 2.43. The number of nitrogens with zero attached hydrogens (tertiary/aromatic N) is 1. The number of esters is 1. The van der Waals surface area contributed by atoms with Gasteiger partial charge in [0.25, 0.3) is 0 Å². The second kappa shape index (κ2) is 8.29. The molecule has 0 bridgehead atoms. The fourth-order valence-electron chi connectivity index (χ4n) is 4.14. The van der Waals surface area contributed by atoms with E-state index in [-0.39, 0.29) is 17.2 Å². The van der Waals surface area contributed by atoms with Crippen LogP contribution in [-0.2, 0) is 14.3 Å². The normalized spacial score (nSPS) is 21.3. The van der Waals surface area contributed by atoms with Crippen molar-refractivity contribution in [3.05, 3.63) is 52.6 Å². The van der Waals surface area contributed by atoms with Crippen LogP contribution in [0.25, 0.3) is 0 Å². The van der Waals surface area contributed by atoms with Crippen molar-refractivity contribution in [1.29, 1.82) is 0 Å². The monoisotopic (exact) mass is 382 g/mol. The second-order valence-electron chi connectivity index (χ2n) is 8.53. The summed E-state index contributed by atoms with van der Waals surface area (Å²) in [5.41, 5.74) is 3.45. The van der Waals surface area contributed by atoms with Crippen LogP contribution in [0, 0.1) is 5.41 Å². The minimum Gasteiger partial charge on any atom is -0.462 e. The number of ether oxygens (including phenoxy) is 1. The third-order valence-corrected chi connectivity index (χ3v) is 5.42. The first-order valence-electron chi connectivity index (χ1n) is 10.2. The van der Waals surface area contributed by atoms with Crippen molar-refractivity contribution in [1.82, 2.24) is 10.3 Å². The molecule has 28 heavy (non-hydrogen) atoms. The van der Waals surface area contributed by atoms with Gasteiger partial charge in [-0.15, -0.1) is 0 Å². The molecule has 1 N–H and O–H groups in total. The van der Waals surface area contributed by atoms with Crippen molar-refractivity contribution in [3.63, 3.8) is 0 Å². The van der Waals surface area contributed by atoms with E-state index >= 15 is 0 Å². The lowest BCUT2D eigenvalue weighted by Gasteiger charge is -2.39. The van der Waals surface area contributed by atoms with E-state index in [1.54, 1.807) is 6.20 Å². The SMILES string of the molecule is CCCCCOC(=O)C1=C(C)NC2=C(C(=O)CC(C)(C)C2)[C@@H]1c1ccccn1. The second-order valence-corrected chi connectivity index (χ2v) is 8.53. The van der Waals surface area contributed by atoms with E-state index in [0.29, 0.717) is 29.9 Å². The van der Waals surface area contributed by atoms with E-state index in [2.05, 4.69) is 31.1 Å².